The lowest BCUT2D eigenvalue weighted by atomic mass is 10.1. The van der Waals surface area contributed by atoms with Crippen LogP contribution in [-0.2, 0) is 10.0 Å². The molecule has 1 heterocycles. The molecule has 0 unspecified atom stereocenters. The number of nitrogens with zero attached hydrogens (tertiary/aromatic N) is 1. The third kappa shape index (κ3) is 4.74. The number of amides is 1. The van der Waals surface area contributed by atoms with Gasteiger partial charge in [0, 0.05) is 29.7 Å². The number of rotatable bonds is 6. The highest BCUT2D eigenvalue weighted by molar-refractivity contribution is 7.99. The molecule has 1 N–H and O–H groups in total. The molecule has 0 bridgehead atoms. The lowest BCUT2D eigenvalue weighted by Gasteiger charge is -2.29. The molecule has 5 nitrogen and oxygen atoms in total. The number of benzene rings is 1. The molecule has 26 heavy (non-hydrogen) atoms. The van der Waals surface area contributed by atoms with Gasteiger partial charge in [-0.05, 0) is 50.3 Å². The third-order valence-electron chi connectivity index (χ3n) is 5.13. The fourth-order valence-corrected chi connectivity index (χ4v) is 6.54. The van der Waals surface area contributed by atoms with E-state index in [9.17, 15) is 13.2 Å². The fourth-order valence-electron chi connectivity index (χ4n) is 3.63. The van der Waals surface area contributed by atoms with Crippen molar-refractivity contribution < 1.29 is 13.2 Å². The van der Waals surface area contributed by atoms with Gasteiger partial charge in [-0.1, -0.05) is 18.9 Å². The van der Waals surface area contributed by atoms with Gasteiger partial charge in [-0.25, -0.2) is 8.42 Å². The van der Waals surface area contributed by atoms with E-state index in [1.165, 1.54) is 30.0 Å². The summed E-state index contributed by atoms with van der Waals surface area (Å²) >= 11 is 1.95. The van der Waals surface area contributed by atoms with Gasteiger partial charge in [0.05, 0.1) is 11.4 Å². The molecule has 7 heteroatoms. The fraction of sp³-hybridized carbons (Fsp3) is 0.632. The Morgan fingerprint density at radius 2 is 2.00 bits per heavy atom. The Balaban J connectivity index is 1.61. The molecule has 0 spiro atoms. The van der Waals surface area contributed by atoms with Crippen LogP contribution in [0.1, 0.15) is 54.4 Å². The molecular formula is C19H28N2O3S2. The average Bonchev–Trinajstić information content (AvgIpc) is 3.12. The van der Waals surface area contributed by atoms with E-state index in [0.717, 1.165) is 23.0 Å². The molecular weight excluding hydrogens is 368 g/mol. The van der Waals surface area contributed by atoms with Crippen molar-refractivity contribution in [3.63, 3.8) is 0 Å². The molecule has 1 saturated heterocycles. The van der Waals surface area contributed by atoms with Gasteiger partial charge in [0.15, 0.2) is 0 Å². The molecule has 1 aliphatic carbocycles. The maximum Gasteiger partial charge on any atom is 0.251 e. The minimum atomic E-state index is -3.27. The van der Waals surface area contributed by atoms with Crippen LogP contribution < -0.4 is 9.62 Å². The normalized spacial score (nSPS) is 20.3. The number of carbonyl (C=O) groups excluding carboxylic acids is 1. The van der Waals surface area contributed by atoms with Gasteiger partial charge >= 0.3 is 0 Å². The van der Waals surface area contributed by atoms with Crippen LogP contribution in [0.15, 0.2) is 18.2 Å². The first kappa shape index (κ1) is 19.5. The second-order valence-electron chi connectivity index (χ2n) is 7.13. The van der Waals surface area contributed by atoms with Gasteiger partial charge in [0.1, 0.15) is 0 Å². The maximum absolute atomic E-state index is 12.5. The zero-order valence-corrected chi connectivity index (χ0v) is 17.0. The first-order valence-corrected chi connectivity index (χ1v) is 12.1. The predicted octanol–water partition coefficient (Wildman–Crippen LogP) is 3.33. The van der Waals surface area contributed by atoms with Crippen LogP contribution in [0.5, 0.6) is 0 Å². The molecule has 1 saturated carbocycles. The lowest BCUT2D eigenvalue weighted by molar-refractivity contribution is 0.0956. The Hall–Kier alpha value is -1.21. The van der Waals surface area contributed by atoms with Crippen molar-refractivity contribution in [1.82, 2.24) is 5.32 Å². The summed E-state index contributed by atoms with van der Waals surface area (Å²) in [5, 5.41) is 3.72. The molecule has 1 aliphatic heterocycles. The van der Waals surface area contributed by atoms with Crippen molar-refractivity contribution in [2.45, 2.75) is 50.7 Å². The topological polar surface area (TPSA) is 66.5 Å². The van der Waals surface area contributed by atoms with E-state index < -0.39 is 10.0 Å². The SMILES string of the molecule is Cc1ccc(C(=O)NCCSC2CCCC2)cc1N1CCCCS1(=O)=O. The molecule has 2 aliphatic rings. The quantitative estimate of drug-likeness (QED) is 0.749. The minimum absolute atomic E-state index is 0.132. The van der Waals surface area contributed by atoms with Gasteiger partial charge in [-0.3, -0.25) is 9.10 Å². The molecule has 0 atom stereocenters. The standard InChI is InChI=1S/C19H28N2O3S2/c1-15-8-9-16(14-18(15)21-11-4-5-13-26(21,23)24)19(22)20-10-12-25-17-6-2-3-7-17/h8-9,14,17H,2-7,10-13H2,1H3,(H,20,22). The zero-order valence-electron chi connectivity index (χ0n) is 15.4. The molecule has 0 radical (unpaired) electrons. The van der Waals surface area contributed by atoms with Crippen molar-refractivity contribution in [3.8, 4) is 0 Å². The number of carbonyl (C=O) groups is 1. The van der Waals surface area contributed by atoms with E-state index in [1.807, 2.05) is 24.8 Å². The molecule has 1 amide bonds. The summed E-state index contributed by atoms with van der Waals surface area (Å²) in [7, 11) is -3.27. The maximum atomic E-state index is 12.5. The van der Waals surface area contributed by atoms with Gasteiger partial charge in [-0.15, -0.1) is 0 Å². The predicted molar refractivity (Wildman–Crippen MR) is 109 cm³/mol. The largest absolute Gasteiger partial charge is 0.351 e. The van der Waals surface area contributed by atoms with E-state index in [0.29, 0.717) is 30.8 Å². The van der Waals surface area contributed by atoms with E-state index >= 15 is 0 Å². The zero-order chi connectivity index (χ0) is 18.6. The first-order valence-electron chi connectivity index (χ1n) is 9.48. The number of thioether (sulfide) groups is 1. The number of aryl methyl sites for hydroxylation is 1. The van der Waals surface area contributed by atoms with Crippen molar-refractivity contribution in [3.05, 3.63) is 29.3 Å². The van der Waals surface area contributed by atoms with E-state index in [1.54, 1.807) is 12.1 Å². The van der Waals surface area contributed by atoms with Gasteiger partial charge < -0.3 is 5.32 Å². The Morgan fingerprint density at radius 1 is 1.23 bits per heavy atom. The van der Waals surface area contributed by atoms with Gasteiger partial charge in [0.2, 0.25) is 10.0 Å². The summed E-state index contributed by atoms with van der Waals surface area (Å²) in [6, 6.07) is 5.33. The third-order valence-corrected chi connectivity index (χ3v) is 8.37. The molecule has 144 valence electrons. The molecule has 2 fully saturated rings. The smallest absolute Gasteiger partial charge is 0.251 e. The number of sulfonamides is 1. The molecule has 1 aromatic rings. The summed E-state index contributed by atoms with van der Waals surface area (Å²) in [6.45, 7) is 3.02. The Kier molecular flexibility index (Phi) is 6.51. The van der Waals surface area contributed by atoms with Crippen LogP contribution in [0.4, 0.5) is 5.69 Å². The summed E-state index contributed by atoms with van der Waals surface area (Å²) in [4.78, 5) is 12.5. The number of hydrogen-bond acceptors (Lipinski definition) is 4. The van der Waals surface area contributed by atoms with Crippen LogP contribution in [0.3, 0.4) is 0 Å². The van der Waals surface area contributed by atoms with Crippen molar-refractivity contribution in [1.29, 1.82) is 0 Å². The highest BCUT2D eigenvalue weighted by atomic mass is 32.2. The van der Waals surface area contributed by atoms with Gasteiger partial charge in [0.25, 0.3) is 5.91 Å². The lowest BCUT2D eigenvalue weighted by Crippen LogP contribution is -2.38. The van der Waals surface area contributed by atoms with Crippen molar-refractivity contribution in [2.24, 2.45) is 0 Å². The number of anilines is 1. The van der Waals surface area contributed by atoms with Crippen LogP contribution in [0.2, 0.25) is 0 Å². The number of nitrogens with one attached hydrogen (secondary N) is 1. The molecule has 3 rings (SSSR count). The van der Waals surface area contributed by atoms with E-state index in [2.05, 4.69) is 5.32 Å². The average molecular weight is 397 g/mol. The summed E-state index contributed by atoms with van der Waals surface area (Å²) < 4.78 is 26.2. The molecule has 0 aromatic heterocycles. The van der Waals surface area contributed by atoms with Crippen LogP contribution in [0.25, 0.3) is 0 Å². The van der Waals surface area contributed by atoms with Crippen LogP contribution >= 0.6 is 11.8 Å². The second-order valence-corrected chi connectivity index (χ2v) is 10.6. The van der Waals surface area contributed by atoms with Crippen LogP contribution in [0, 0.1) is 6.92 Å². The van der Waals surface area contributed by atoms with E-state index in [-0.39, 0.29) is 11.7 Å². The summed E-state index contributed by atoms with van der Waals surface area (Å²) in [5.74, 6) is 0.976. The Morgan fingerprint density at radius 3 is 2.73 bits per heavy atom. The minimum Gasteiger partial charge on any atom is -0.351 e. The summed E-state index contributed by atoms with van der Waals surface area (Å²) in [6.07, 6.45) is 6.81. The Bertz CT molecular complexity index is 743. The van der Waals surface area contributed by atoms with Crippen molar-refractivity contribution in [2.75, 3.05) is 28.9 Å². The van der Waals surface area contributed by atoms with Gasteiger partial charge in [-0.2, -0.15) is 11.8 Å². The first-order chi connectivity index (χ1) is 12.5. The van der Waals surface area contributed by atoms with E-state index in [4.69, 9.17) is 0 Å². The highest BCUT2D eigenvalue weighted by Crippen LogP contribution is 2.29. The van der Waals surface area contributed by atoms with Crippen molar-refractivity contribution >= 4 is 33.4 Å². The van der Waals surface area contributed by atoms with Crippen LogP contribution in [-0.4, -0.2) is 44.2 Å². The molecule has 1 aromatic carbocycles. The summed E-state index contributed by atoms with van der Waals surface area (Å²) in [5.41, 5.74) is 2.04. The number of hydrogen-bond donors (Lipinski definition) is 1. The second kappa shape index (κ2) is 8.65. The highest BCUT2D eigenvalue weighted by Gasteiger charge is 2.27. The monoisotopic (exact) mass is 396 g/mol. The Labute approximate surface area is 161 Å².